The van der Waals surface area contributed by atoms with Gasteiger partial charge >= 0.3 is 0 Å². The third-order valence-electron chi connectivity index (χ3n) is 8.82. The highest BCUT2D eigenvalue weighted by molar-refractivity contribution is 6.29. The highest BCUT2D eigenvalue weighted by atomic mass is 16.6. The van der Waals surface area contributed by atoms with Gasteiger partial charge in [-0.05, 0) is 35.8 Å². The number of aromatic nitrogens is 1. The molecule has 5 aliphatic rings. The standard InChI is InChI=1S/C29H30N4O11/c34-7-10(8-35)31-33-27(42)20-18-13-3-1-11(37)5-15(13)30-22(18)23-19(21(20)28(33)43)14-4-2-12(38)6-16(14)32(23)29-26(41)25(40)24(39)17(9-36)44-29/h1-2,4-6,10,16-17,24-26,29-31,34-41H,3,7-9H2/t16?,17-,24-,25-,26-,29-/m1/s1. The van der Waals surface area contributed by atoms with Crippen LogP contribution < -0.4 is 20.9 Å². The van der Waals surface area contributed by atoms with E-state index in [1.54, 1.807) is 6.08 Å². The zero-order chi connectivity index (χ0) is 31.2. The van der Waals surface area contributed by atoms with E-state index in [9.17, 15) is 50.4 Å². The van der Waals surface area contributed by atoms with E-state index in [1.165, 1.54) is 29.2 Å². The number of benzene rings is 1. The van der Waals surface area contributed by atoms with Gasteiger partial charge in [0.1, 0.15) is 35.9 Å². The second kappa shape index (κ2) is 10.3. The lowest BCUT2D eigenvalue weighted by Gasteiger charge is -2.46. The fraction of sp³-hybridized carbons (Fsp3) is 0.379. The number of carbonyl (C=O) groups is 2. The smallest absolute Gasteiger partial charge is 0.276 e. The van der Waals surface area contributed by atoms with E-state index < -0.39 is 74.4 Å². The summed E-state index contributed by atoms with van der Waals surface area (Å²) in [5.41, 5.74) is 4.23. The van der Waals surface area contributed by atoms with Crippen molar-refractivity contribution in [1.29, 1.82) is 0 Å². The minimum Gasteiger partial charge on any atom is -0.508 e. The number of hydrazine groups is 1. The first kappa shape index (κ1) is 28.7. The number of hydrogen-bond acceptors (Lipinski definition) is 13. The number of aliphatic hydroxyl groups excluding tert-OH is 8. The minimum absolute atomic E-state index is 0.0215. The summed E-state index contributed by atoms with van der Waals surface area (Å²) in [7, 11) is 0. The Hall–Kier alpha value is -4.06. The van der Waals surface area contributed by atoms with Gasteiger partial charge in [0.25, 0.3) is 11.8 Å². The van der Waals surface area contributed by atoms with E-state index in [1.807, 2.05) is 0 Å². The molecule has 2 aliphatic carbocycles. The van der Waals surface area contributed by atoms with Gasteiger partial charge in [-0.25, -0.2) is 10.4 Å². The van der Waals surface area contributed by atoms with Crippen molar-refractivity contribution < 1.29 is 55.2 Å². The molecule has 232 valence electrons. The average molecular weight is 611 g/mol. The van der Waals surface area contributed by atoms with Gasteiger partial charge in [-0.15, -0.1) is 0 Å². The number of amides is 2. The Balaban J connectivity index is 1.55. The molecule has 2 amide bonds. The molecule has 1 unspecified atom stereocenters. The molecule has 0 spiro atoms. The molecule has 0 radical (unpaired) electrons. The molecular formula is C29H30N4O11. The molecule has 15 heteroatoms. The van der Waals surface area contributed by atoms with E-state index >= 15 is 0 Å². The van der Waals surface area contributed by atoms with Crippen LogP contribution in [0.2, 0.25) is 0 Å². The van der Waals surface area contributed by atoms with Gasteiger partial charge in [0.05, 0.1) is 54.2 Å². The molecule has 1 aromatic heterocycles. The van der Waals surface area contributed by atoms with E-state index in [4.69, 9.17) is 4.74 Å². The van der Waals surface area contributed by atoms with Gasteiger partial charge in [0.2, 0.25) is 0 Å². The fourth-order valence-corrected chi connectivity index (χ4v) is 6.75. The number of allylic oxidation sites excluding steroid dienone is 3. The van der Waals surface area contributed by atoms with Crippen molar-refractivity contribution in [2.24, 2.45) is 0 Å². The number of ether oxygens (including phenoxy) is 1. The van der Waals surface area contributed by atoms with Crippen molar-refractivity contribution in [3.63, 3.8) is 0 Å². The summed E-state index contributed by atoms with van der Waals surface area (Å²) in [4.78, 5) is 32.8. The topological polar surface area (TPSA) is 240 Å². The first-order valence-electron chi connectivity index (χ1n) is 14.0. The van der Waals surface area contributed by atoms with Crippen LogP contribution >= 0.6 is 0 Å². The zero-order valence-corrected chi connectivity index (χ0v) is 23.0. The molecular weight excluding hydrogens is 580 g/mol. The van der Waals surface area contributed by atoms with Crippen LogP contribution in [0.15, 0.2) is 35.8 Å². The molecule has 0 saturated carbocycles. The minimum atomic E-state index is -1.73. The molecule has 1 fully saturated rings. The molecule has 4 heterocycles. The van der Waals surface area contributed by atoms with Gasteiger partial charge in [-0.3, -0.25) is 9.59 Å². The molecule has 1 saturated heterocycles. The first-order chi connectivity index (χ1) is 21.1. The van der Waals surface area contributed by atoms with Crippen molar-refractivity contribution in [2.45, 2.75) is 49.1 Å². The summed E-state index contributed by atoms with van der Waals surface area (Å²) in [6.45, 7) is -1.84. The summed E-state index contributed by atoms with van der Waals surface area (Å²) in [6.07, 6.45) is -0.229. The summed E-state index contributed by atoms with van der Waals surface area (Å²) < 4.78 is 5.96. The third-order valence-corrected chi connectivity index (χ3v) is 8.82. The van der Waals surface area contributed by atoms with Crippen molar-refractivity contribution in [3.8, 4) is 0 Å². The summed E-state index contributed by atoms with van der Waals surface area (Å²) in [5.74, 6) is -1.70. The predicted molar refractivity (Wildman–Crippen MR) is 151 cm³/mol. The van der Waals surface area contributed by atoms with Gasteiger partial charge in [-0.1, -0.05) is 6.08 Å². The number of imide groups is 1. The number of anilines is 1. The lowest BCUT2D eigenvalue weighted by molar-refractivity contribution is -0.228. The second-order valence-electron chi connectivity index (χ2n) is 11.3. The summed E-state index contributed by atoms with van der Waals surface area (Å²) >= 11 is 0. The van der Waals surface area contributed by atoms with Crippen molar-refractivity contribution in [3.05, 3.63) is 63.1 Å². The number of fused-ring (bicyclic) bond motifs is 9. The predicted octanol–water partition coefficient (Wildman–Crippen LogP) is -3.45. The Kier molecular flexibility index (Phi) is 6.69. The Morgan fingerprint density at radius 1 is 0.977 bits per heavy atom. The molecule has 0 bridgehead atoms. The molecule has 44 heavy (non-hydrogen) atoms. The number of rotatable bonds is 6. The number of H-pyrrole nitrogens is 1. The van der Waals surface area contributed by atoms with Gasteiger partial charge in [0, 0.05) is 22.0 Å². The Morgan fingerprint density at radius 2 is 1.70 bits per heavy atom. The molecule has 10 N–H and O–H groups in total. The quantitative estimate of drug-likeness (QED) is 0.143. The lowest BCUT2D eigenvalue weighted by Crippen LogP contribution is -2.64. The van der Waals surface area contributed by atoms with Crippen LogP contribution in [0.1, 0.15) is 26.3 Å². The maximum absolute atomic E-state index is 14.1. The number of nitrogens with one attached hydrogen (secondary N) is 2. The molecule has 15 nitrogen and oxygen atoms in total. The van der Waals surface area contributed by atoms with Crippen LogP contribution in [0.4, 0.5) is 5.69 Å². The van der Waals surface area contributed by atoms with Crippen molar-refractivity contribution in [2.75, 3.05) is 24.7 Å². The normalized spacial score (nSPS) is 29.1. The molecule has 1 aromatic carbocycles. The summed E-state index contributed by atoms with van der Waals surface area (Å²) in [6, 6.07) is -1.94. The molecule has 3 aliphatic heterocycles. The van der Waals surface area contributed by atoms with Crippen LogP contribution in [0.3, 0.4) is 0 Å². The van der Waals surface area contributed by atoms with E-state index in [-0.39, 0.29) is 40.0 Å². The Labute approximate surface area is 247 Å². The number of hydrogen-bond donors (Lipinski definition) is 10. The van der Waals surface area contributed by atoms with Crippen LogP contribution in [-0.2, 0) is 11.2 Å². The van der Waals surface area contributed by atoms with E-state index in [0.29, 0.717) is 27.4 Å². The van der Waals surface area contributed by atoms with Gasteiger partial charge in [0.15, 0.2) is 6.23 Å². The number of carbonyl (C=O) groups excluding carboxylic acids is 2. The molecule has 6 atom stereocenters. The summed E-state index contributed by atoms with van der Waals surface area (Å²) in [5, 5.41) is 84.2. The molecule has 2 aromatic rings. The second-order valence-corrected chi connectivity index (χ2v) is 11.3. The van der Waals surface area contributed by atoms with Crippen LogP contribution in [0, 0.1) is 0 Å². The monoisotopic (exact) mass is 610 g/mol. The van der Waals surface area contributed by atoms with Crippen molar-refractivity contribution in [1.82, 2.24) is 15.4 Å². The highest BCUT2D eigenvalue weighted by Gasteiger charge is 2.52. The zero-order valence-electron chi connectivity index (χ0n) is 23.0. The highest BCUT2D eigenvalue weighted by Crippen LogP contribution is 2.43. The largest absolute Gasteiger partial charge is 0.508 e. The number of nitrogens with zero attached hydrogens (tertiary/aromatic N) is 2. The fourth-order valence-electron chi connectivity index (χ4n) is 6.75. The van der Waals surface area contributed by atoms with Crippen LogP contribution in [0.5, 0.6) is 0 Å². The van der Waals surface area contributed by atoms with Gasteiger partial charge in [-0.2, -0.15) is 0 Å². The van der Waals surface area contributed by atoms with Gasteiger partial charge < -0.3 is 55.5 Å². The third kappa shape index (κ3) is 3.85. The number of aliphatic hydroxyl groups is 8. The Bertz CT molecular complexity index is 1820. The SMILES string of the molecule is O=C1c2c(c3c4c([nH]c3c3c2=C2C=CC(O)=CC2N3[C@@H]2O[C@H](CO)[C@@H](O)[C@@H](O)[C@H]2O)=CC(O)=CC4)C(=O)N1NC(CO)CO. The van der Waals surface area contributed by atoms with Crippen LogP contribution in [0.25, 0.3) is 22.6 Å². The first-order valence-corrected chi connectivity index (χ1v) is 14.0. The average Bonchev–Trinajstić information content (AvgIpc) is 3.62. The Morgan fingerprint density at radius 3 is 2.41 bits per heavy atom. The lowest BCUT2D eigenvalue weighted by atomic mass is 9.93. The van der Waals surface area contributed by atoms with E-state index in [2.05, 4.69) is 10.4 Å². The van der Waals surface area contributed by atoms with Crippen LogP contribution in [-0.4, -0.2) is 125 Å². The molecule has 7 rings (SSSR count). The van der Waals surface area contributed by atoms with E-state index in [0.717, 1.165) is 5.01 Å². The maximum Gasteiger partial charge on any atom is 0.276 e. The number of aromatic amines is 1. The van der Waals surface area contributed by atoms with Crippen molar-refractivity contribution >= 4 is 40.1 Å². The maximum atomic E-state index is 14.1.